The van der Waals surface area contributed by atoms with Crippen LogP contribution in [0.3, 0.4) is 0 Å². The maximum Gasteiger partial charge on any atom is 0.259 e. The molecule has 280 valence electrons. The molecule has 1 spiro atoms. The van der Waals surface area contributed by atoms with Crippen LogP contribution in [-0.2, 0) is 35.3 Å². The molecule has 1 aliphatic heterocycles. The van der Waals surface area contributed by atoms with Gasteiger partial charge < -0.3 is 28.8 Å². The molecule has 1 heterocycles. The maximum atomic E-state index is 15.5. The van der Waals surface area contributed by atoms with Gasteiger partial charge in [-0.2, -0.15) is 0 Å². The van der Waals surface area contributed by atoms with Gasteiger partial charge in [0.1, 0.15) is 34.2 Å². The highest BCUT2D eigenvalue weighted by Crippen LogP contribution is 2.62. The summed E-state index contributed by atoms with van der Waals surface area (Å²) < 4.78 is 31.7. The zero-order valence-electron chi connectivity index (χ0n) is 33.8. The topological polar surface area (TPSA) is 101 Å². The molecule has 5 rings (SSSR count). The van der Waals surface area contributed by atoms with E-state index >= 15 is 4.79 Å². The monoisotopic (exact) mass is 712 g/mol. The average molecular weight is 713 g/mol. The van der Waals surface area contributed by atoms with E-state index in [-0.39, 0.29) is 33.7 Å². The first-order chi connectivity index (χ1) is 23.8. The molecule has 8 nitrogen and oxygen atoms in total. The van der Waals surface area contributed by atoms with Gasteiger partial charge >= 0.3 is 0 Å². The molecule has 2 aromatic carbocycles. The molecular weight excluding hydrogens is 656 g/mol. The van der Waals surface area contributed by atoms with Crippen molar-refractivity contribution in [3.05, 3.63) is 87.2 Å². The predicted molar refractivity (Wildman–Crippen MR) is 204 cm³/mol. The summed E-state index contributed by atoms with van der Waals surface area (Å²) in [5.74, 6) is -0.746. The van der Waals surface area contributed by atoms with Crippen LogP contribution < -0.4 is 14.2 Å². The fraction of sp³-hybridized carbons (Fsp3) is 0.500. The third-order valence-electron chi connectivity index (χ3n) is 10.4. The van der Waals surface area contributed by atoms with Crippen molar-refractivity contribution >= 4 is 17.1 Å². The summed E-state index contributed by atoms with van der Waals surface area (Å²) in [5, 5.41) is 11.9. The number of ether oxygens (including phenoxy) is 5. The van der Waals surface area contributed by atoms with Crippen molar-refractivity contribution in [2.45, 2.75) is 105 Å². The standard InChI is InChI=1S/C44H56O8/c1-39(2,3)25-18-29(45)24(17-31(25)48-13)37-30(46)22-35(42(10,11)12)44(51-16)38(37)43(23-34(50-15)27(21-36(43)47)41(7,8)9)28-20-32(49-14)26(40(4,5)6)19-33(28)52-44/h17-23,45H,1-16H3. The first kappa shape index (κ1) is 38.9. The van der Waals surface area contributed by atoms with Crippen LogP contribution in [0.2, 0.25) is 0 Å². The lowest BCUT2D eigenvalue weighted by molar-refractivity contribution is -0.139. The van der Waals surface area contributed by atoms with Crippen LogP contribution in [0.15, 0.2) is 65.0 Å². The maximum absolute atomic E-state index is 15.5. The lowest BCUT2D eigenvalue weighted by atomic mass is 9.56. The van der Waals surface area contributed by atoms with E-state index in [1.54, 1.807) is 45.6 Å². The van der Waals surface area contributed by atoms with Gasteiger partial charge in [0.05, 0.1) is 21.3 Å². The summed E-state index contributed by atoms with van der Waals surface area (Å²) in [7, 11) is 6.25. The van der Waals surface area contributed by atoms with E-state index in [0.717, 1.165) is 11.1 Å². The third kappa shape index (κ3) is 5.87. The fourth-order valence-corrected chi connectivity index (χ4v) is 7.86. The summed E-state index contributed by atoms with van der Waals surface area (Å²) in [6, 6.07) is 7.05. The van der Waals surface area contributed by atoms with Crippen LogP contribution in [0.5, 0.6) is 23.0 Å². The van der Waals surface area contributed by atoms with Crippen molar-refractivity contribution < 1.29 is 38.4 Å². The number of hydrogen-bond donors (Lipinski definition) is 1. The molecular formula is C44H56O8. The lowest BCUT2D eigenvalue weighted by Gasteiger charge is -2.54. The highest BCUT2D eigenvalue weighted by molar-refractivity contribution is 6.31. The molecule has 2 aliphatic carbocycles. The molecule has 0 fully saturated rings. The number of phenols is 1. The van der Waals surface area contributed by atoms with Gasteiger partial charge in [-0.15, -0.1) is 0 Å². The number of aromatic hydroxyl groups is 1. The smallest absolute Gasteiger partial charge is 0.259 e. The number of rotatable bonds is 5. The molecule has 0 amide bonds. The Morgan fingerprint density at radius 1 is 0.673 bits per heavy atom. The minimum atomic E-state index is -1.78. The Morgan fingerprint density at radius 2 is 1.23 bits per heavy atom. The number of fused-ring (bicyclic) bond motifs is 4. The van der Waals surface area contributed by atoms with Crippen LogP contribution in [0, 0.1) is 10.8 Å². The summed E-state index contributed by atoms with van der Waals surface area (Å²) >= 11 is 0. The number of carbonyl (C=O) groups excluding carboxylic acids is 2. The fourth-order valence-electron chi connectivity index (χ4n) is 7.86. The zero-order valence-corrected chi connectivity index (χ0v) is 33.8. The lowest BCUT2D eigenvalue weighted by Crippen LogP contribution is -2.59. The van der Waals surface area contributed by atoms with Gasteiger partial charge in [0.25, 0.3) is 5.79 Å². The van der Waals surface area contributed by atoms with E-state index in [0.29, 0.717) is 39.7 Å². The van der Waals surface area contributed by atoms with Crippen LogP contribution in [-0.4, -0.2) is 50.9 Å². The van der Waals surface area contributed by atoms with Crippen molar-refractivity contribution in [2.24, 2.45) is 10.8 Å². The summed E-state index contributed by atoms with van der Waals surface area (Å²) in [6.45, 7) is 24.3. The minimum Gasteiger partial charge on any atom is -0.507 e. The SMILES string of the molecule is COC1=CC2(C(=O)C=C1C(C)(C)C)C1=C(c3cc(OC)c(C(C)(C)C)cc3O)C(=O)C=C(C(C)(C)C)C1(OC)Oc1cc(C(C)(C)C)c(OC)cc12. The highest BCUT2D eigenvalue weighted by atomic mass is 16.7. The van der Waals surface area contributed by atoms with E-state index in [4.69, 9.17) is 23.7 Å². The van der Waals surface area contributed by atoms with Crippen molar-refractivity contribution in [2.75, 3.05) is 28.4 Å². The second-order valence-electron chi connectivity index (χ2n) is 18.2. The Kier molecular flexibility index (Phi) is 9.28. The van der Waals surface area contributed by atoms with Crippen molar-refractivity contribution in [3.63, 3.8) is 0 Å². The second-order valence-corrected chi connectivity index (χ2v) is 18.2. The molecule has 0 saturated heterocycles. The van der Waals surface area contributed by atoms with Crippen molar-refractivity contribution in [1.29, 1.82) is 0 Å². The average Bonchev–Trinajstić information content (AvgIpc) is 3.03. The first-order valence-electron chi connectivity index (χ1n) is 17.8. The third-order valence-corrected chi connectivity index (χ3v) is 10.4. The number of hydrogen-bond acceptors (Lipinski definition) is 8. The van der Waals surface area contributed by atoms with Crippen molar-refractivity contribution in [3.8, 4) is 23.0 Å². The highest BCUT2D eigenvalue weighted by Gasteiger charge is 2.65. The van der Waals surface area contributed by atoms with Crippen LogP contribution >= 0.6 is 0 Å². The molecule has 1 N–H and O–H groups in total. The molecule has 0 aromatic heterocycles. The molecule has 0 saturated carbocycles. The number of benzene rings is 2. The summed E-state index contributed by atoms with van der Waals surface area (Å²) in [4.78, 5) is 30.4. The number of ketones is 2. The Balaban J connectivity index is 2.11. The van der Waals surface area contributed by atoms with Gasteiger partial charge in [0, 0.05) is 51.7 Å². The van der Waals surface area contributed by atoms with Gasteiger partial charge in [-0.05, 0) is 64.2 Å². The predicted octanol–water partition coefficient (Wildman–Crippen LogP) is 9.07. The van der Waals surface area contributed by atoms with Gasteiger partial charge in [-0.3, -0.25) is 9.59 Å². The normalized spacial score (nSPS) is 22.3. The number of phenolic OH excluding ortho intramolecular Hbond substituents is 1. The van der Waals surface area contributed by atoms with Crippen LogP contribution in [0.4, 0.5) is 0 Å². The minimum absolute atomic E-state index is 0.0725. The van der Waals surface area contributed by atoms with Gasteiger partial charge in [0.15, 0.2) is 11.6 Å². The molecule has 52 heavy (non-hydrogen) atoms. The molecule has 0 radical (unpaired) electrons. The van der Waals surface area contributed by atoms with Crippen LogP contribution in [0.1, 0.15) is 105 Å². The Morgan fingerprint density at radius 3 is 1.71 bits per heavy atom. The molecule has 2 aromatic rings. The Bertz CT molecular complexity index is 1980. The Hall–Kier alpha value is -4.30. The zero-order chi connectivity index (χ0) is 39.1. The second kappa shape index (κ2) is 12.4. The molecule has 8 heteroatoms. The first-order valence-corrected chi connectivity index (χ1v) is 17.8. The Labute approximate surface area is 309 Å². The van der Waals surface area contributed by atoms with Crippen LogP contribution in [0.25, 0.3) is 5.57 Å². The number of carbonyl (C=O) groups is 2. The quantitative estimate of drug-likeness (QED) is 0.328. The largest absolute Gasteiger partial charge is 0.507 e. The molecule has 0 bridgehead atoms. The number of allylic oxidation sites excluding steroid dienone is 5. The van der Waals surface area contributed by atoms with E-state index in [1.807, 2.05) is 74.4 Å². The van der Waals surface area contributed by atoms with Gasteiger partial charge in [-0.1, -0.05) is 83.1 Å². The van der Waals surface area contributed by atoms with E-state index in [9.17, 15) is 9.90 Å². The summed E-state index contributed by atoms with van der Waals surface area (Å²) in [5.41, 5.74) is 0.141. The van der Waals surface area contributed by atoms with E-state index in [1.165, 1.54) is 13.2 Å². The van der Waals surface area contributed by atoms with Gasteiger partial charge in [-0.25, -0.2) is 0 Å². The number of methoxy groups -OCH3 is 4. The van der Waals surface area contributed by atoms with Crippen molar-refractivity contribution in [1.82, 2.24) is 0 Å². The summed E-state index contributed by atoms with van der Waals surface area (Å²) in [6.07, 6.45) is 4.95. The van der Waals surface area contributed by atoms with E-state index < -0.39 is 33.2 Å². The molecule has 2 atom stereocenters. The van der Waals surface area contributed by atoms with E-state index in [2.05, 4.69) is 20.8 Å². The molecule has 2 unspecified atom stereocenters. The van der Waals surface area contributed by atoms with Gasteiger partial charge in [0.2, 0.25) is 0 Å². The molecule has 3 aliphatic rings.